The molecule has 12 heteroatoms. The summed E-state index contributed by atoms with van der Waals surface area (Å²) in [7, 11) is 0. The number of amides is 4. The second kappa shape index (κ2) is 16.3. The van der Waals surface area contributed by atoms with Gasteiger partial charge in [-0.3, -0.25) is 24.0 Å². The average Bonchev–Trinajstić information content (AvgIpc) is 3.44. The highest BCUT2D eigenvalue weighted by Gasteiger charge is 2.32. The molecule has 4 amide bonds. The lowest BCUT2D eigenvalue weighted by Gasteiger charge is -2.27. The summed E-state index contributed by atoms with van der Waals surface area (Å²) in [6, 6.07) is 4.32. The van der Waals surface area contributed by atoms with Crippen LogP contribution >= 0.6 is 0 Å². The number of imidazole rings is 1. The molecule has 2 aromatic rings. The molecule has 0 fully saturated rings. The zero-order valence-electron chi connectivity index (χ0n) is 24.3. The van der Waals surface area contributed by atoms with Crippen LogP contribution in [0.2, 0.25) is 0 Å². The molecule has 1 aromatic carbocycles. The van der Waals surface area contributed by atoms with Crippen molar-refractivity contribution in [3.05, 3.63) is 54.1 Å². The monoisotopic (exact) mass is 568 g/mol. The fourth-order valence-electron chi connectivity index (χ4n) is 4.04. The quantitative estimate of drug-likeness (QED) is 0.168. The minimum atomic E-state index is -1.05. The topological polar surface area (TPSA) is 188 Å². The van der Waals surface area contributed by atoms with Crippen LogP contribution < -0.4 is 27.0 Å². The first-order valence-corrected chi connectivity index (χ1v) is 13.8. The van der Waals surface area contributed by atoms with Gasteiger partial charge in [0.15, 0.2) is 0 Å². The predicted octanol–water partition coefficient (Wildman–Crippen LogP) is 0.293. The Morgan fingerprint density at radius 1 is 0.829 bits per heavy atom. The maximum atomic E-state index is 13.5. The molecule has 1 radical (unpaired) electrons. The highest BCUT2D eigenvalue weighted by molar-refractivity contribution is 5.95. The van der Waals surface area contributed by atoms with Gasteiger partial charge in [0.25, 0.3) is 0 Å². The van der Waals surface area contributed by atoms with Gasteiger partial charge in [0, 0.05) is 19.0 Å². The fraction of sp³-hybridized carbons (Fsp3) is 0.517. The Balaban J connectivity index is 2.26. The number of carbonyl (C=O) groups excluding carboxylic acids is 5. The van der Waals surface area contributed by atoms with Gasteiger partial charge in [0.1, 0.15) is 18.1 Å². The van der Waals surface area contributed by atoms with Crippen LogP contribution in [0, 0.1) is 11.8 Å². The SMILES string of the molecule is CC(C)C[C@H](NC(=O)[C@H](Cc1c[nH]cn1)NC(=O)[C@@H](N)C(C)C)C(=O)N[C@@H](Cc1ccccc1)C(=O)N[C@@H](C)[C]=O. The summed E-state index contributed by atoms with van der Waals surface area (Å²) in [4.78, 5) is 70.7. The zero-order chi connectivity index (χ0) is 30.5. The molecule has 7 N–H and O–H groups in total. The van der Waals surface area contributed by atoms with E-state index < -0.39 is 53.8 Å². The Hall–Kier alpha value is -4.06. The van der Waals surface area contributed by atoms with Crippen molar-refractivity contribution in [2.24, 2.45) is 17.6 Å². The molecule has 0 aliphatic carbocycles. The molecule has 223 valence electrons. The summed E-state index contributed by atoms with van der Waals surface area (Å²) in [6.45, 7) is 8.87. The van der Waals surface area contributed by atoms with Crippen molar-refractivity contribution in [3.8, 4) is 0 Å². The van der Waals surface area contributed by atoms with Gasteiger partial charge in [-0.25, -0.2) is 4.98 Å². The molecule has 0 unspecified atom stereocenters. The predicted molar refractivity (Wildman–Crippen MR) is 154 cm³/mol. The Bertz CT molecular complexity index is 1140. The summed E-state index contributed by atoms with van der Waals surface area (Å²) in [5.74, 6) is -2.37. The molecular weight excluding hydrogens is 526 g/mol. The lowest BCUT2D eigenvalue weighted by Crippen LogP contribution is -2.59. The van der Waals surface area contributed by atoms with Gasteiger partial charge in [0.2, 0.25) is 29.9 Å². The number of hydrogen-bond donors (Lipinski definition) is 6. The number of aromatic nitrogens is 2. The molecule has 2 rings (SSSR count). The molecule has 0 aliphatic heterocycles. The Morgan fingerprint density at radius 3 is 1.95 bits per heavy atom. The molecule has 1 heterocycles. The van der Waals surface area contributed by atoms with Crippen molar-refractivity contribution < 1.29 is 24.0 Å². The minimum Gasteiger partial charge on any atom is -0.351 e. The van der Waals surface area contributed by atoms with E-state index in [4.69, 9.17) is 5.73 Å². The van der Waals surface area contributed by atoms with E-state index in [9.17, 15) is 24.0 Å². The number of hydrogen-bond acceptors (Lipinski definition) is 7. The molecule has 41 heavy (non-hydrogen) atoms. The van der Waals surface area contributed by atoms with Crippen LogP contribution in [0.5, 0.6) is 0 Å². The van der Waals surface area contributed by atoms with E-state index in [0.29, 0.717) is 5.69 Å². The van der Waals surface area contributed by atoms with Crippen molar-refractivity contribution in [2.45, 2.75) is 84.1 Å². The molecule has 0 spiro atoms. The van der Waals surface area contributed by atoms with Gasteiger partial charge >= 0.3 is 0 Å². The molecule has 0 aliphatic rings. The third kappa shape index (κ3) is 11.1. The van der Waals surface area contributed by atoms with E-state index in [1.54, 1.807) is 26.3 Å². The van der Waals surface area contributed by atoms with Crippen molar-refractivity contribution in [2.75, 3.05) is 0 Å². The number of H-pyrrole nitrogens is 1. The molecule has 0 saturated heterocycles. The number of benzene rings is 1. The number of nitrogens with two attached hydrogens (primary N) is 1. The normalized spacial score (nSPS) is 14.8. The first-order valence-electron chi connectivity index (χ1n) is 13.8. The lowest BCUT2D eigenvalue weighted by molar-refractivity contribution is -0.134. The second-order valence-corrected chi connectivity index (χ2v) is 10.9. The maximum Gasteiger partial charge on any atom is 0.243 e. The molecule has 5 atom stereocenters. The number of rotatable bonds is 16. The average molecular weight is 569 g/mol. The van der Waals surface area contributed by atoms with Crippen LogP contribution in [-0.2, 0) is 36.8 Å². The van der Waals surface area contributed by atoms with Crippen LogP contribution in [-0.4, -0.2) is 70.1 Å². The number of nitrogens with zero attached hydrogens (tertiary/aromatic N) is 1. The summed E-state index contributed by atoms with van der Waals surface area (Å²) in [6.07, 6.45) is 5.27. The van der Waals surface area contributed by atoms with E-state index >= 15 is 0 Å². The Morgan fingerprint density at radius 2 is 1.39 bits per heavy atom. The van der Waals surface area contributed by atoms with Gasteiger partial charge in [-0.15, -0.1) is 0 Å². The summed E-state index contributed by atoms with van der Waals surface area (Å²) in [5.41, 5.74) is 7.33. The van der Waals surface area contributed by atoms with Gasteiger partial charge in [-0.2, -0.15) is 0 Å². The molecule has 1 aromatic heterocycles. The highest BCUT2D eigenvalue weighted by atomic mass is 16.2. The third-order valence-corrected chi connectivity index (χ3v) is 6.41. The van der Waals surface area contributed by atoms with Crippen molar-refractivity contribution in [1.29, 1.82) is 0 Å². The minimum absolute atomic E-state index is 0.00544. The summed E-state index contributed by atoms with van der Waals surface area (Å²) in [5, 5.41) is 10.7. The maximum absolute atomic E-state index is 13.5. The van der Waals surface area contributed by atoms with Gasteiger partial charge < -0.3 is 32.0 Å². The molecule has 12 nitrogen and oxygen atoms in total. The zero-order valence-corrected chi connectivity index (χ0v) is 24.3. The highest BCUT2D eigenvalue weighted by Crippen LogP contribution is 2.10. The van der Waals surface area contributed by atoms with Gasteiger partial charge in [0.05, 0.1) is 24.1 Å². The molecule has 0 bridgehead atoms. The number of aromatic amines is 1. The van der Waals surface area contributed by atoms with Crippen molar-refractivity contribution >= 4 is 29.9 Å². The lowest BCUT2D eigenvalue weighted by atomic mass is 10.00. The number of carbonyl (C=O) groups is 4. The Kier molecular flexibility index (Phi) is 13.1. The van der Waals surface area contributed by atoms with Crippen LogP contribution in [0.1, 0.15) is 52.3 Å². The van der Waals surface area contributed by atoms with Crippen molar-refractivity contribution in [3.63, 3.8) is 0 Å². The summed E-state index contributed by atoms with van der Waals surface area (Å²) >= 11 is 0. The summed E-state index contributed by atoms with van der Waals surface area (Å²) < 4.78 is 0. The van der Waals surface area contributed by atoms with E-state index in [-0.39, 0.29) is 31.1 Å². The van der Waals surface area contributed by atoms with Crippen LogP contribution in [0.3, 0.4) is 0 Å². The van der Waals surface area contributed by atoms with E-state index in [0.717, 1.165) is 5.56 Å². The van der Waals surface area contributed by atoms with Crippen LogP contribution in [0.25, 0.3) is 0 Å². The standard InChI is InChI=1S/C29H42N7O5/c1-17(2)11-22(27(39)35-23(26(38)33-19(5)15-37)12-20-9-7-6-8-10-20)34-28(40)24(13-21-14-31-16-32-21)36-29(41)25(30)18(3)4/h6-10,14,16-19,22-25H,11-13,30H2,1-5H3,(H,31,32)(H,33,38)(H,34,40)(H,35,39)(H,36,41)/t19-,22-,23-,24-,25-/m0/s1. The smallest absolute Gasteiger partial charge is 0.243 e. The first kappa shape index (κ1) is 33.1. The van der Waals surface area contributed by atoms with Gasteiger partial charge in [-0.05, 0) is 30.7 Å². The van der Waals surface area contributed by atoms with Crippen molar-refractivity contribution in [1.82, 2.24) is 31.2 Å². The van der Waals surface area contributed by atoms with E-state index in [2.05, 4.69) is 31.2 Å². The van der Waals surface area contributed by atoms with Crippen LogP contribution in [0.4, 0.5) is 0 Å². The number of nitrogens with one attached hydrogen (secondary N) is 5. The molecule has 0 saturated carbocycles. The van der Waals surface area contributed by atoms with Gasteiger partial charge in [-0.1, -0.05) is 58.0 Å². The second-order valence-electron chi connectivity index (χ2n) is 10.9. The largest absolute Gasteiger partial charge is 0.351 e. The first-order chi connectivity index (χ1) is 19.4. The van der Waals surface area contributed by atoms with E-state index in [1.807, 2.05) is 44.2 Å². The van der Waals surface area contributed by atoms with Crippen LogP contribution in [0.15, 0.2) is 42.9 Å². The fourth-order valence-corrected chi connectivity index (χ4v) is 4.04. The third-order valence-electron chi connectivity index (χ3n) is 6.41. The Labute approximate surface area is 241 Å². The van der Waals surface area contributed by atoms with E-state index in [1.165, 1.54) is 13.3 Å². The molecular formula is C29H42N7O5.